The number of ether oxygens (including phenoxy) is 1. The molecule has 0 unspecified atom stereocenters. The Hall–Kier alpha value is -0.970. The maximum atomic E-state index is 10.4. The van der Waals surface area contributed by atoms with Crippen LogP contribution in [0.3, 0.4) is 0 Å². The smallest absolute Gasteiger partial charge is 0.303 e. The molecule has 0 radical (unpaired) electrons. The lowest BCUT2D eigenvalue weighted by atomic mass is 10.6. The summed E-state index contributed by atoms with van der Waals surface area (Å²) < 4.78 is 5.49. The maximum Gasteiger partial charge on any atom is 0.303 e. The zero-order valence-corrected chi connectivity index (χ0v) is 8.04. The number of carbonyl (C=O) groups is 1. The first-order chi connectivity index (χ1) is 5.68. The van der Waals surface area contributed by atoms with Gasteiger partial charge in [-0.05, 0) is 15.9 Å². The van der Waals surface area contributed by atoms with E-state index in [0.717, 1.165) is 4.47 Å². The summed E-state index contributed by atoms with van der Waals surface area (Å²) in [6.07, 6.45) is 3.21. The van der Waals surface area contributed by atoms with Gasteiger partial charge in [0.15, 0.2) is 12.4 Å². The molecule has 0 aliphatic heterocycles. The van der Waals surface area contributed by atoms with E-state index >= 15 is 0 Å². The Kier molecular flexibility index (Phi) is 3.16. The molecule has 1 rings (SSSR count). The molecule has 0 amide bonds. The van der Waals surface area contributed by atoms with E-state index in [1.165, 1.54) is 6.92 Å². The summed E-state index contributed by atoms with van der Waals surface area (Å²) in [6.45, 7) is 1.47. The minimum Gasteiger partial charge on any atom is -0.458 e. The van der Waals surface area contributed by atoms with Gasteiger partial charge in [-0.1, -0.05) is 0 Å². The number of esters is 1. The number of carbonyl (C=O) groups excluding carboxylic acids is 1. The van der Waals surface area contributed by atoms with E-state index in [1.54, 1.807) is 12.4 Å². The van der Waals surface area contributed by atoms with Gasteiger partial charge in [0.05, 0.1) is 4.47 Å². The van der Waals surface area contributed by atoms with E-state index in [-0.39, 0.29) is 12.6 Å². The maximum absolute atomic E-state index is 10.4. The van der Waals surface area contributed by atoms with Gasteiger partial charge in [-0.3, -0.25) is 4.79 Å². The predicted octanol–water partition coefficient (Wildman–Crippen LogP) is 1.30. The van der Waals surface area contributed by atoms with Crippen molar-refractivity contribution in [3.63, 3.8) is 0 Å². The average Bonchev–Trinajstić information content (AvgIpc) is 2.03. The highest BCUT2D eigenvalue weighted by Gasteiger charge is 1.98. The van der Waals surface area contributed by atoms with Gasteiger partial charge in [0.2, 0.25) is 0 Å². The number of hydrogen-bond donors (Lipinski definition) is 0. The van der Waals surface area contributed by atoms with Crippen LogP contribution in [0.2, 0.25) is 0 Å². The molecule has 0 saturated carbocycles. The van der Waals surface area contributed by atoms with Gasteiger partial charge in [-0.15, -0.1) is 0 Å². The van der Waals surface area contributed by atoms with Crippen molar-refractivity contribution >= 4 is 21.9 Å². The van der Waals surface area contributed by atoms with E-state index in [1.807, 2.05) is 0 Å². The Morgan fingerprint density at radius 3 is 2.67 bits per heavy atom. The van der Waals surface area contributed by atoms with Gasteiger partial charge in [0.1, 0.15) is 0 Å². The van der Waals surface area contributed by atoms with Crippen LogP contribution in [-0.2, 0) is 16.1 Å². The van der Waals surface area contributed by atoms with Crippen molar-refractivity contribution in [2.75, 3.05) is 0 Å². The predicted molar refractivity (Wildman–Crippen MR) is 45.2 cm³/mol. The second-order valence-electron chi connectivity index (χ2n) is 2.10. The SMILES string of the molecule is CC(=O)OCc1ncc(Br)cn1. The quantitative estimate of drug-likeness (QED) is 0.720. The molecule has 5 heteroatoms. The van der Waals surface area contributed by atoms with E-state index in [2.05, 4.69) is 30.6 Å². The first-order valence-corrected chi connectivity index (χ1v) is 4.07. The Balaban J connectivity index is 2.53. The molecule has 12 heavy (non-hydrogen) atoms. The molecule has 0 aromatic carbocycles. The highest BCUT2D eigenvalue weighted by atomic mass is 79.9. The van der Waals surface area contributed by atoms with E-state index in [0.29, 0.717) is 5.82 Å². The number of nitrogens with zero attached hydrogens (tertiary/aromatic N) is 2. The van der Waals surface area contributed by atoms with Crippen molar-refractivity contribution in [3.8, 4) is 0 Å². The van der Waals surface area contributed by atoms with Crippen LogP contribution in [0, 0.1) is 0 Å². The molecule has 0 aliphatic rings. The molecule has 0 spiro atoms. The third-order valence-electron chi connectivity index (χ3n) is 1.08. The first-order valence-electron chi connectivity index (χ1n) is 3.28. The van der Waals surface area contributed by atoms with Gasteiger partial charge in [0.25, 0.3) is 0 Å². The molecule has 4 nitrogen and oxygen atoms in total. The van der Waals surface area contributed by atoms with Crippen molar-refractivity contribution in [2.24, 2.45) is 0 Å². The highest BCUT2D eigenvalue weighted by Crippen LogP contribution is 2.04. The van der Waals surface area contributed by atoms with Crippen LogP contribution in [0.1, 0.15) is 12.7 Å². The van der Waals surface area contributed by atoms with Crippen LogP contribution < -0.4 is 0 Å². The van der Waals surface area contributed by atoms with E-state index < -0.39 is 0 Å². The topological polar surface area (TPSA) is 52.1 Å². The fourth-order valence-electron chi connectivity index (χ4n) is 0.580. The van der Waals surface area contributed by atoms with Crippen LogP contribution in [0.5, 0.6) is 0 Å². The molecule has 0 atom stereocenters. The second kappa shape index (κ2) is 4.15. The third kappa shape index (κ3) is 2.96. The van der Waals surface area contributed by atoms with Crippen LogP contribution in [0.15, 0.2) is 16.9 Å². The van der Waals surface area contributed by atoms with Crippen molar-refractivity contribution in [3.05, 3.63) is 22.7 Å². The lowest BCUT2D eigenvalue weighted by Crippen LogP contribution is -2.02. The summed E-state index contributed by atoms with van der Waals surface area (Å²) in [5.41, 5.74) is 0. The second-order valence-corrected chi connectivity index (χ2v) is 3.01. The number of hydrogen-bond acceptors (Lipinski definition) is 4. The van der Waals surface area contributed by atoms with Gasteiger partial charge >= 0.3 is 5.97 Å². The minimum atomic E-state index is -0.332. The molecule has 0 N–H and O–H groups in total. The fraction of sp³-hybridized carbons (Fsp3) is 0.286. The van der Waals surface area contributed by atoms with Crippen LogP contribution in [0.4, 0.5) is 0 Å². The zero-order valence-electron chi connectivity index (χ0n) is 6.45. The number of aromatic nitrogens is 2. The lowest BCUT2D eigenvalue weighted by molar-refractivity contribution is -0.142. The summed E-state index contributed by atoms with van der Waals surface area (Å²) >= 11 is 3.19. The van der Waals surface area contributed by atoms with Gasteiger partial charge in [-0.2, -0.15) is 0 Å². The Bertz CT molecular complexity index is 273. The van der Waals surface area contributed by atoms with Gasteiger partial charge in [-0.25, -0.2) is 9.97 Å². The normalized spacial score (nSPS) is 9.50. The summed E-state index contributed by atoms with van der Waals surface area (Å²) in [7, 11) is 0. The first kappa shape index (κ1) is 9.12. The molecular formula is C7H7BrN2O2. The van der Waals surface area contributed by atoms with E-state index in [4.69, 9.17) is 0 Å². The van der Waals surface area contributed by atoms with E-state index in [9.17, 15) is 4.79 Å². The van der Waals surface area contributed by atoms with Gasteiger partial charge in [0, 0.05) is 19.3 Å². The number of rotatable bonds is 2. The third-order valence-corrected chi connectivity index (χ3v) is 1.49. The molecule has 0 saturated heterocycles. The highest BCUT2D eigenvalue weighted by molar-refractivity contribution is 9.10. The largest absolute Gasteiger partial charge is 0.458 e. The van der Waals surface area contributed by atoms with Crippen LogP contribution >= 0.6 is 15.9 Å². The summed E-state index contributed by atoms with van der Waals surface area (Å²) in [4.78, 5) is 18.2. The number of halogens is 1. The molecule has 1 aromatic rings. The summed E-state index contributed by atoms with van der Waals surface area (Å²) in [6, 6.07) is 0. The standard InChI is InChI=1S/C7H7BrN2O2/c1-5(11)12-4-7-9-2-6(8)3-10-7/h2-3H,4H2,1H3. The molecule has 0 aliphatic carbocycles. The zero-order chi connectivity index (χ0) is 8.97. The summed E-state index contributed by atoms with van der Waals surface area (Å²) in [5.74, 6) is 0.162. The van der Waals surface area contributed by atoms with Crippen LogP contribution in [-0.4, -0.2) is 15.9 Å². The molecular weight excluding hydrogens is 224 g/mol. The molecule has 0 fully saturated rings. The minimum absolute atomic E-state index is 0.128. The monoisotopic (exact) mass is 230 g/mol. The Morgan fingerprint density at radius 2 is 2.17 bits per heavy atom. The Morgan fingerprint density at radius 1 is 1.58 bits per heavy atom. The Labute approximate surface area is 78.1 Å². The molecule has 0 bridgehead atoms. The molecule has 1 heterocycles. The lowest BCUT2D eigenvalue weighted by Gasteiger charge is -1.99. The molecule has 64 valence electrons. The fourth-order valence-corrected chi connectivity index (χ4v) is 0.784. The van der Waals surface area contributed by atoms with Crippen molar-refractivity contribution in [1.29, 1.82) is 0 Å². The summed E-state index contributed by atoms with van der Waals surface area (Å²) in [5, 5.41) is 0. The van der Waals surface area contributed by atoms with Gasteiger partial charge < -0.3 is 4.74 Å². The average molecular weight is 231 g/mol. The van der Waals surface area contributed by atoms with Crippen LogP contribution in [0.25, 0.3) is 0 Å². The van der Waals surface area contributed by atoms with Crippen molar-refractivity contribution in [1.82, 2.24) is 9.97 Å². The molecule has 1 aromatic heterocycles. The van der Waals surface area contributed by atoms with Crippen molar-refractivity contribution in [2.45, 2.75) is 13.5 Å². The van der Waals surface area contributed by atoms with Crippen molar-refractivity contribution < 1.29 is 9.53 Å².